The van der Waals surface area contributed by atoms with Gasteiger partial charge in [-0.05, 0) is 67.2 Å². The van der Waals surface area contributed by atoms with Crippen LogP contribution < -0.4 is 5.32 Å². The molecule has 2 aliphatic carbocycles. The fraction of sp³-hybridized carbons (Fsp3) is 0.409. The Morgan fingerprint density at radius 2 is 2.04 bits per heavy atom. The number of amides is 1. The first-order chi connectivity index (χ1) is 12.8. The van der Waals surface area contributed by atoms with Crippen molar-refractivity contribution in [2.45, 2.75) is 50.6 Å². The molecule has 1 N–H and O–H groups in total. The Labute approximate surface area is 159 Å². The molecular weight excluding hydrogens is 340 g/mol. The number of hydrogen-bond acceptors (Lipinski definition) is 3. The minimum atomic E-state index is 0.0787. The van der Waals surface area contributed by atoms with Crippen LogP contribution in [-0.2, 0) is 0 Å². The Morgan fingerprint density at radius 1 is 1.15 bits per heavy atom. The van der Waals surface area contributed by atoms with Crippen LogP contribution in [0.5, 0.6) is 0 Å². The minimum Gasteiger partial charge on any atom is -0.371 e. The first-order valence-electron chi connectivity index (χ1n) is 9.61. The summed E-state index contributed by atoms with van der Waals surface area (Å²) in [4.78, 5) is 14.7. The fourth-order valence-electron chi connectivity index (χ4n) is 4.07. The molecule has 1 aliphatic heterocycles. The highest BCUT2D eigenvalue weighted by Gasteiger charge is 2.26. The Hall–Kier alpha value is -2.07. The molecule has 0 aromatic carbocycles. The maximum Gasteiger partial charge on any atom is 0.252 e. The summed E-state index contributed by atoms with van der Waals surface area (Å²) in [6.07, 6.45) is 20.3. The molecule has 0 unspecified atom stereocenters. The normalized spacial score (nSPS) is 25.6. The van der Waals surface area contributed by atoms with Crippen molar-refractivity contribution in [3.63, 3.8) is 0 Å². The molecule has 3 nitrogen and oxygen atoms in total. The average Bonchev–Trinajstić information content (AvgIpc) is 3.25. The molecule has 1 saturated carbocycles. The van der Waals surface area contributed by atoms with Gasteiger partial charge < -0.3 is 10.2 Å². The van der Waals surface area contributed by atoms with E-state index >= 15 is 0 Å². The van der Waals surface area contributed by atoms with E-state index in [2.05, 4.69) is 46.8 Å². The van der Waals surface area contributed by atoms with Crippen LogP contribution in [0.1, 0.15) is 48.9 Å². The molecule has 1 aromatic heterocycles. The van der Waals surface area contributed by atoms with Crippen molar-refractivity contribution in [3.05, 3.63) is 70.1 Å². The average molecular weight is 367 g/mol. The van der Waals surface area contributed by atoms with E-state index in [0.717, 1.165) is 50.6 Å². The van der Waals surface area contributed by atoms with Crippen LogP contribution in [0.25, 0.3) is 0 Å². The molecule has 1 amide bonds. The Kier molecular flexibility index (Phi) is 5.40. The van der Waals surface area contributed by atoms with Crippen LogP contribution in [0.4, 0.5) is 0 Å². The quantitative estimate of drug-likeness (QED) is 0.775. The summed E-state index contributed by atoms with van der Waals surface area (Å²) in [5.41, 5.74) is 3.64. The van der Waals surface area contributed by atoms with Gasteiger partial charge in [-0.15, -0.1) is 0 Å². The summed E-state index contributed by atoms with van der Waals surface area (Å²) in [6.45, 7) is 1.00. The van der Waals surface area contributed by atoms with E-state index in [9.17, 15) is 4.79 Å². The number of nitrogens with one attached hydrogen (secondary N) is 1. The molecule has 26 heavy (non-hydrogen) atoms. The Balaban J connectivity index is 1.25. The second-order valence-electron chi connectivity index (χ2n) is 7.30. The van der Waals surface area contributed by atoms with Crippen molar-refractivity contribution >= 4 is 17.2 Å². The highest BCUT2D eigenvalue weighted by Crippen LogP contribution is 2.28. The second kappa shape index (κ2) is 8.09. The predicted molar refractivity (Wildman–Crippen MR) is 108 cm³/mol. The number of carbonyl (C=O) groups excluding carboxylic acids is 1. The molecule has 0 bridgehead atoms. The number of rotatable bonds is 4. The van der Waals surface area contributed by atoms with Crippen LogP contribution in [0.3, 0.4) is 0 Å². The van der Waals surface area contributed by atoms with Crippen LogP contribution in [-0.4, -0.2) is 29.4 Å². The molecule has 136 valence electrons. The highest BCUT2D eigenvalue weighted by molar-refractivity contribution is 7.08. The second-order valence-corrected chi connectivity index (χ2v) is 8.08. The van der Waals surface area contributed by atoms with Gasteiger partial charge in [0.15, 0.2) is 0 Å². The van der Waals surface area contributed by atoms with Gasteiger partial charge in [0.2, 0.25) is 0 Å². The maximum atomic E-state index is 12.2. The molecule has 0 radical (unpaired) electrons. The first kappa shape index (κ1) is 17.3. The molecule has 3 aliphatic rings. The molecule has 1 fully saturated rings. The molecule has 4 heteroatoms. The van der Waals surface area contributed by atoms with Gasteiger partial charge in [0.1, 0.15) is 0 Å². The number of carbonyl (C=O) groups is 1. The van der Waals surface area contributed by atoms with Crippen LogP contribution in [0.2, 0.25) is 0 Å². The van der Waals surface area contributed by atoms with Gasteiger partial charge in [-0.25, -0.2) is 0 Å². The maximum absolute atomic E-state index is 12.2. The summed E-state index contributed by atoms with van der Waals surface area (Å²) in [6, 6.07) is 2.81. The van der Waals surface area contributed by atoms with Crippen LogP contribution >= 0.6 is 11.3 Å². The molecule has 1 aromatic rings. The smallest absolute Gasteiger partial charge is 0.252 e. The van der Waals surface area contributed by atoms with E-state index in [0.29, 0.717) is 12.1 Å². The lowest BCUT2D eigenvalue weighted by Gasteiger charge is -2.37. The number of thiophene rings is 1. The summed E-state index contributed by atoms with van der Waals surface area (Å²) in [7, 11) is 0. The van der Waals surface area contributed by atoms with E-state index in [4.69, 9.17) is 0 Å². The Morgan fingerprint density at radius 3 is 2.69 bits per heavy atom. The lowest BCUT2D eigenvalue weighted by Crippen LogP contribution is -2.42. The number of nitrogens with zero attached hydrogens (tertiary/aromatic N) is 1. The summed E-state index contributed by atoms with van der Waals surface area (Å²) in [5.74, 6) is 0.0787. The number of hydrogen-bond donors (Lipinski definition) is 1. The standard InChI is InChI=1S/C22H26N2OS/c25-22(19-12-15-26-16-19)23-20-6-8-21(9-7-20)24-13-10-18(11-14-24)17-4-2-1-3-5-17/h1-2,5,10-13,15-16,20-21H,3-4,6-9,14H2,(H,23,25). The fourth-order valence-corrected chi connectivity index (χ4v) is 4.70. The molecule has 0 saturated heterocycles. The zero-order valence-electron chi connectivity index (χ0n) is 15.1. The zero-order valence-corrected chi connectivity index (χ0v) is 15.9. The van der Waals surface area contributed by atoms with Gasteiger partial charge in [0.05, 0.1) is 0 Å². The highest BCUT2D eigenvalue weighted by atomic mass is 32.1. The molecule has 0 spiro atoms. The van der Waals surface area contributed by atoms with Crippen molar-refractivity contribution in [1.82, 2.24) is 10.2 Å². The SMILES string of the molecule is O=C(NC1CCC(N2C=CC(C3=CCC=CC3)=CC2)CC1)c1ccsc1. The monoisotopic (exact) mass is 366 g/mol. The van der Waals surface area contributed by atoms with E-state index < -0.39 is 0 Å². The van der Waals surface area contributed by atoms with Gasteiger partial charge in [-0.1, -0.05) is 24.3 Å². The predicted octanol–water partition coefficient (Wildman–Crippen LogP) is 4.82. The van der Waals surface area contributed by atoms with Gasteiger partial charge in [-0.3, -0.25) is 4.79 Å². The zero-order chi connectivity index (χ0) is 17.8. The van der Waals surface area contributed by atoms with E-state index in [1.807, 2.05) is 16.8 Å². The Bertz CT molecular complexity index is 749. The van der Waals surface area contributed by atoms with Crippen molar-refractivity contribution in [2.24, 2.45) is 0 Å². The topological polar surface area (TPSA) is 32.3 Å². The van der Waals surface area contributed by atoms with Crippen molar-refractivity contribution in [1.29, 1.82) is 0 Å². The van der Waals surface area contributed by atoms with Crippen LogP contribution in [0, 0.1) is 0 Å². The number of allylic oxidation sites excluding steroid dienone is 6. The third-order valence-corrected chi connectivity index (χ3v) is 6.31. The third kappa shape index (κ3) is 4.01. The molecule has 2 heterocycles. The summed E-state index contributed by atoms with van der Waals surface area (Å²) < 4.78 is 0. The largest absolute Gasteiger partial charge is 0.371 e. The molecule has 0 atom stereocenters. The van der Waals surface area contributed by atoms with E-state index in [-0.39, 0.29) is 5.91 Å². The summed E-state index contributed by atoms with van der Waals surface area (Å²) in [5, 5.41) is 7.07. The third-order valence-electron chi connectivity index (χ3n) is 5.63. The first-order valence-corrected chi connectivity index (χ1v) is 10.6. The van der Waals surface area contributed by atoms with Gasteiger partial charge >= 0.3 is 0 Å². The van der Waals surface area contributed by atoms with Gasteiger partial charge in [0, 0.05) is 35.8 Å². The van der Waals surface area contributed by atoms with Crippen molar-refractivity contribution in [2.75, 3.05) is 6.54 Å². The van der Waals surface area contributed by atoms with Gasteiger partial charge in [-0.2, -0.15) is 11.3 Å². The minimum absolute atomic E-state index is 0.0787. The van der Waals surface area contributed by atoms with Crippen LogP contribution in [0.15, 0.2) is 64.6 Å². The lowest BCUT2D eigenvalue weighted by atomic mass is 9.89. The van der Waals surface area contributed by atoms with Crippen molar-refractivity contribution in [3.8, 4) is 0 Å². The summed E-state index contributed by atoms with van der Waals surface area (Å²) >= 11 is 1.57. The van der Waals surface area contributed by atoms with Gasteiger partial charge in [0.25, 0.3) is 5.91 Å². The molecule has 4 rings (SSSR count). The molecular formula is C22H26N2OS. The lowest BCUT2D eigenvalue weighted by molar-refractivity contribution is 0.0917. The van der Waals surface area contributed by atoms with E-state index in [1.165, 1.54) is 11.1 Å². The van der Waals surface area contributed by atoms with E-state index in [1.54, 1.807) is 11.3 Å². The van der Waals surface area contributed by atoms with Crippen molar-refractivity contribution < 1.29 is 4.79 Å².